The molecule has 2 aliphatic rings. The van der Waals surface area contributed by atoms with Gasteiger partial charge in [0.25, 0.3) is 0 Å². The molecule has 4 rings (SSSR count). The van der Waals surface area contributed by atoms with Gasteiger partial charge in [-0.25, -0.2) is 0 Å². The van der Waals surface area contributed by atoms with Gasteiger partial charge in [0.2, 0.25) is 5.91 Å². The first-order chi connectivity index (χ1) is 20.3. The Labute approximate surface area is 255 Å². The van der Waals surface area contributed by atoms with Crippen molar-refractivity contribution in [3.05, 3.63) is 40.9 Å². The Kier molecular flexibility index (Phi) is 11.6. The minimum absolute atomic E-state index is 0.0704. The molecule has 2 aromatic carbocycles. The van der Waals surface area contributed by atoms with Crippen LogP contribution in [-0.4, -0.2) is 63.8 Å². The number of hydrogen-bond donors (Lipinski definition) is 4. The van der Waals surface area contributed by atoms with E-state index in [1.807, 2.05) is 51.4 Å². The Bertz CT molecular complexity index is 1250. The molecule has 0 aliphatic carbocycles. The molecular weight excluding hydrogens is 552 g/mol. The van der Waals surface area contributed by atoms with Crippen LogP contribution >= 0.6 is 11.6 Å². The van der Waals surface area contributed by atoms with E-state index in [0.717, 1.165) is 42.9 Å². The van der Waals surface area contributed by atoms with E-state index in [9.17, 15) is 10.1 Å². The second-order valence-electron chi connectivity index (χ2n) is 11.4. The van der Waals surface area contributed by atoms with Gasteiger partial charge in [0.1, 0.15) is 18.1 Å². The highest BCUT2D eigenvalue weighted by Gasteiger charge is 2.32. The zero-order valence-electron chi connectivity index (χ0n) is 25.3. The number of ether oxygens (including phenoxy) is 2. The molecule has 42 heavy (non-hydrogen) atoms. The maximum atomic E-state index is 12.8. The van der Waals surface area contributed by atoms with Gasteiger partial charge in [-0.05, 0) is 83.6 Å². The molecule has 0 radical (unpaired) electrons. The lowest BCUT2D eigenvalue weighted by Gasteiger charge is -2.33. The first kappa shape index (κ1) is 31.7. The van der Waals surface area contributed by atoms with Gasteiger partial charge in [0, 0.05) is 42.0 Å². The van der Waals surface area contributed by atoms with Crippen LogP contribution < -0.4 is 30.7 Å². The number of benzene rings is 2. The van der Waals surface area contributed by atoms with E-state index >= 15 is 0 Å². The molecule has 2 aromatic rings. The zero-order chi connectivity index (χ0) is 30.1. The van der Waals surface area contributed by atoms with Crippen molar-refractivity contribution in [1.82, 2.24) is 10.2 Å². The predicted molar refractivity (Wildman–Crippen MR) is 170 cm³/mol. The number of fused-ring (bicyclic) bond motifs is 1. The average Bonchev–Trinajstić information content (AvgIpc) is 2.97. The van der Waals surface area contributed by atoms with Crippen LogP contribution in [0.3, 0.4) is 0 Å². The van der Waals surface area contributed by atoms with Gasteiger partial charge >= 0.3 is 0 Å². The molecule has 4 N–H and O–H groups in total. The Balaban J connectivity index is 1.52. The third kappa shape index (κ3) is 8.21. The first-order valence-corrected chi connectivity index (χ1v) is 15.5. The summed E-state index contributed by atoms with van der Waals surface area (Å²) in [4.78, 5) is 14.8. The average molecular weight is 597 g/mol. The van der Waals surface area contributed by atoms with Crippen LogP contribution in [-0.2, 0) is 4.79 Å². The quantitative estimate of drug-likeness (QED) is 0.226. The van der Waals surface area contributed by atoms with Crippen molar-refractivity contribution >= 4 is 34.6 Å². The number of carbonyl (C=O) groups excluding carboxylic acids is 1. The van der Waals surface area contributed by atoms with Crippen molar-refractivity contribution in [2.75, 3.05) is 62.9 Å². The van der Waals surface area contributed by atoms with Crippen LogP contribution in [0, 0.1) is 23.2 Å². The first-order valence-electron chi connectivity index (χ1n) is 15.1. The summed E-state index contributed by atoms with van der Waals surface area (Å²) in [5, 5.41) is 24.1. The van der Waals surface area contributed by atoms with Crippen LogP contribution in [0.4, 0.5) is 17.1 Å². The molecule has 10 heteroatoms. The van der Waals surface area contributed by atoms with Gasteiger partial charge in [-0.1, -0.05) is 24.9 Å². The second-order valence-corrected chi connectivity index (χ2v) is 11.8. The number of rotatable bonds is 13. The molecule has 1 fully saturated rings. The van der Waals surface area contributed by atoms with Crippen LogP contribution in [0.15, 0.2) is 30.3 Å². The molecule has 0 saturated carbocycles. The van der Waals surface area contributed by atoms with Crippen LogP contribution in [0.5, 0.6) is 11.5 Å². The highest BCUT2D eigenvalue weighted by Crippen LogP contribution is 2.42. The molecule has 0 aromatic heterocycles. The van der Waals surface area contributed by atoms with Crippen molar-refractivity contribution in [1.29, 1.82) is 5.26 Å². The van der Waals surface area contributed by atoms with Crippen LogP contribution in [0.25, 0.3) is 0 Å². The van der Waals surface area contributed by atoms with E-state index in [0.29, 0.717) is 60.3 Å². The van der Waals surface area contributed by atoms with Crippen molar-refractivity contribution in [2.24, 2.45) is 11.8 Å². The predicted octanol–water partition coefficient (Wildman–Crippen LogP) is 5.89. The molecule has 1 amide bonds. The standard InChI is InChI=1S/C32H45ClN6O3/c1-5-21-9-7-13-35-28(21)20-42-29-12-11-23(15-25(29)33)37-32-22(18-34)19-36-26-17-30(41-6-2)27(16-24(26)32)38-31(40)10-8-14-39(3)4/h11-12,15-17,21-22,28,32,35-37H,5-10,13-14,19-20H2,1-4H3,(H,38,40). The van der Waals surface area contributed by atoms with Gasteiger partial charge < -0.3 is 35.6 Å². The number of hydrogen-bond acceptors (Lipinski definition) is 8. The molecule has 0 bridgehead atoms. The van der Waals surface area contributed by atoms with E-state index in [4.69, 9.17) is 21.1 Å². The van der Waals surface area contributed by atoms with Crippen molar-refractivity contribution < 1.29 is 14.3 Å². The summed E-state index contributed by atoms with van der Waals surface area (Å²) >= 11 is 6.67. The fourth-order valence-electron chi connectivity index (χ4n) is 5.77. The summed E-state index contributed by atoms with van der Waals surface area (Å²) in [7, 11) is 3.98. The lowest BCUT2D eigenvalue weighted by atomic mass is 9.88. The molecule has 9 nitrogen and oxygen atoms in total. The summed E-state index contributed by atoms with van der Waals surface area (Å²) in [5.74, 6) is 1.43. The molecule has 4 atom stereocenters. The summed E-state index contributed by atoms with van der Waals surface area (Å²) in [6.45, 7) is 7.52. The number of anilines is 3. The van der Waals surface area contributed by atoms with Gasteiger partial charge in [0.05, 0.1) is 35.3 Å². The lowest BCUT2D eigenvalue weighted by molar-refractivity contribution is -0.116. The number of nitriles is 1. The van der Waals surface area contributed by atoms with Crippen LogP contribution in [0.1, 0.15) is 57.6 Å². The molecule has 228 valence electrons. The minimum atomic E-state index is -0.350. The second kappa shape index (κ2) is 15.3. The van der Waals surface area contributed by atoms with Gasteiger partial charge in [-0.15, -0.1) is 0 Å². The van der Waals surface area contributed by atoms with Gasteiger partial charge in [0.15, 0.2) is 0 Å². The summed E-state index contributed by atoms with van der Waals surface area (Å²) in [6.07, 6.45) is 4.72. The van der Waals surface area contributed by atoms with Gasteiger partial charge in [-0.3, -0.25) is 4.79 Å². The number of carbonyl (C=O) groups is 1. The summed E-state index contributed by atoms with van der Waals surface area (Å²) < 4.78 is 12.0. The topological polar surface area (TPSA) is 111 Å². The third-order valence-corrected chi connectivity index (χ3v) is 8.37. The van der Waals surface area contributed by atoms with E-state index in [2.05, 4.69) is 39.2 Å². The number of amides is 1. The fourth-order valence-corrected chi connectivity index (χ4v) is 6.01. The largest absolute Gasteiger partial charge is 0.492 e. The zero-order valence-corrected chi connectivity index (χ0v) is 26.0. The fraction of sp³-hybridized carbons (Fsp3) is 0.562. The maximum Gasteiger partial charge on any atom is 0.224 e. The number of halogens is 1. The Morgan fingerprint density at radius 3 is 2.74 bits per heavy atom. The summed E-state index contributed by atoms with van der Waals surface area (Å²) in [5.41, 5.74) is 3.13. The molecule has 1 saturated heterocycles. The normalized spacial score (nSPS) is 21.5. The Hall–Kier alpha value is -3.19. The number of nitrogens with zero attached hydrogens (tertiary/aromatic N) is 2. The van der Waals surface area contributed by atoms with E-state index < -0.39 is 0 Å². The SMILES string of the molecule is CCOc1cc2c(cc1NC(=O)CCCN(C)C)C(Nc1ccc(OCC3NCCCC3CC)c(Cl)c1)C(C#N)CN2. The van der Waals surface area contributed by atoms with E-state index in [1.54, 1.807) is 0 Å². The van der Waals surface area contributed by atoms with E-state index in [-0.39, 0.29) is 17.9 Å². The lowest BCUT2D eigenvalue weighted by Crippen LogP contribution is -2.45. The van der Waals surface area contributed by atoms with Gasteiger partial charge in [-0.2, -0.15) is 5.26 Å². The van der Waals surface area contributed by atoms with E-state index in [1.165, 1.54) is 12.8 Å². The Morgan fingerprint density at radius 1 is 1.19 bits per heavy atom. The maximum absolute atomic E-state index is 12.8. The van der Waals surface area contributed by atoms with Crippen molar-refractivity contribution in [3.63, 3.8) is 0 Å². The van der Waals surface area contributed by atoms with Crippen molar-refractivity contribution in [3.8, 4) is 17.6 Å². The molecule has 2 aliphatic heterocycles. The molecule has 4 unspecified atom stereocenters. The monoisotopic (exact) mass is 596 g/mol. The molecular formula is C32H45ClN6O3. The highest BCUT2D eigenvalue weighted by molar-refractivity contribution is 6.32. The smallest absolute Gasteiger partial charge is 0.224 e. The molecule has 2 heterocycles. The van der Waals surface area contributed by atoms with Crippen molar-refractivity contribution in [2.45, 2.75) is 58.0 Å². The number of nitrogens with one attached hydrogen (secondary N) is 4. The number of piperidine rings is 1. The molecule has 0 spiro atoms. The summed E-state index contributed by atoms with van der Waals surface area (Å²) in [6, 6.07) is 11.9. The minimum Gasteiger partial charge on any atom is -0.492 e. The third-order valence-electron chi connectivity index (χ3n) is 8.07. The highest BCUT2D eigenvalue weighted by atomic mass is 35.5. The Morgan fingerprint density at radius 2 is 2.02 bits per heavy atom. The van der Waals surface area contributed by atoms with Crippen LogP contribution in [0.2, 0.25) is 5.02 Å².